The number of hydrogen-bond donors (Lipinski definition) is 8. The zero-order valence-corrected chi connectivity index (χ0v) is 14.6. The van der Waals surface area contributed by atoms with E-state index in [1.165, 1.54) is 0 Å². The number of ether oxygens (including phenoxy) is 3. The molecule has 12 nitrogen and oxygen atoms in total. The number of rotatable bonds is 6. The molecule has 0 aromatic heterocycles. The minimum absolute atomic E-state index is 0.248. The van der Waals surface area contributed by atoms with Crippen molar-refractivity contribution in [2.45, 2.75) is 61.5 Å². The average molecular weight is 404 g/mol. The molecule has 2 rings (SSSR count). The van der Waals surface area contributed by atoms with Gasteiger partial charge in [0.1, 0.15) is 42.7 Å². The van der Waals surface area contributed by atoms with Crippen LogP contribution in [0.3, 0.4) is 0 Å². The van der Waals surface area contributed by atoms with E-state index in [9.17, 15) is 30.1 Å². The Hall–Kier alpha value is -0.210. The summed E-state index contributed by atoms with van der Waals surface area (Å²) < 4.78 is 26.7. The van der Waals surface area contributed by atoms with E-state index in [-0.39, 0.29) is 13.0 Å². The molecule has 0 aromatic carbocycles. The van der Waals surface area contributed by atoms with Crippen molar-refractivity contribution in [3.63, 3.8) is 0 Å². The van der Waals surface area contributed by atoms with E-state index in [2.05, 4.69) is 0 Å². The van der Waals surface area contributed by atoms with Crippen LogP contribution in [0.4, 0.5) is 0 Å². The Kier molecular flexibility index (Phi) is 7.53. The summed E-state index contributed by atoms with van der Waals surface area (Å²) >= 11 is 0. The third-order valence-corrected chi connectivity index (χ3v) is 5.29. The third-order valence-electron chi connectivity index (χ3n) is 4.45. The molecule has 2 heterocycles. The second kappa shape index (κ2) is 8.86. The van der Waals surface area contributed by atoms with Crippen molar-refractivity contribution >= 4 is 7.60 Å². The van der Waals surface area contributed by atoms with E-state index in [0.29, 0.717) is 0 Å². The molecule has 2 aliphatic rings. The highest BCUT2D eigenvalue weighted by Gasteiger charge is 2.47. The highest BCUT2D eigenvalue weighted by molar-refractivity contribution is 7.51. The van der Waals surface area contributed by atoms with Crippen LogP contribution in [0.2, 0.25) is 0 Å². The molecule has 2 fully saturated rings. The maximum absolute atomic E-state index is 11.0. The lowest BCUT2D eigenvalue weighted by molar-refractivity contribution is -0.329. The molecule has 154 valence electrons. The molecular formula is C13H25O12P. The van der Waals surface area contributed by atoms with Gasteiger partial charge in [-0.25, -0.2) is 0 Å². The highest BCUT2D eigenvalue weighted by atomic mass is 31.2. The molecule has 0 amide bonds. The number of aliphatic hydroxyl groups is 6. The van der Waals surface area contributed by atoms with E-state index in [1.807, 2.05) is 0 Å². The maximum Gasteiger partial charge on any atom is 0.325 e. The lowest BCUT2D eigenvalue weighted by atomic mass is 9.96. The Bertz CT molecular complexity index is 500. The maximum atomic E-state index is 11.0. The predicted octanol–water partition coefficient (Wildman–Crippen LogP) is -4.14. The minimum Gasteiger partial charge on any atom is -0.394 e. The van der Waals surface area contributed by atoms with Gasteiger partial charge < -0.3 is 54.6 Å². The summed E-state index contributed by atoms with van der Waals surface area (Å²) in [6.45, 7) is -0.773. The first-order chi connectivity index (χ1) is 12.0. The Morgan fingerprint density at radius 3 is 2.12 bits per heavy atom. The molecule has 4 unspecified atom stereocenters. The Balaban J connectivity index is 2.02. The van der Waals surface area contributed by atoms with Crippen LogP contribution in [-0.2, 0) is 18.8 Å². The van der Waals surface area contributed by atoms with Crippen LogP contribution in [0.5, 0.6) is 0 Å². The summed E-state index contributed by atoms with van der Waals surface area (Å²) in [7, 11) is -4.37. The molecule has 13 heteroatoms. The van der Waals surface area contributed by atoms with E-state index in [4.69, 9.17) is 29.1 Å². The molecule has 2 aliphatic heterocycles. The van der Waals surface area contributed by atoms with Gasteiger partial charge in [0.15, 0.2) is 6.29 Å². The van der Waals surface area contributed by atoms with Crippen molar-refractivity contribution in [2.24, 2.45) is 0 Å². The van der Waals surface area contributed by atoms with Gasteiger partial charge in [0.25, 0.3) is 0 Å². The topological polar surface area (TPSA) is 207 Å². The Labute approximate surface area is 148 Å². The summed E-state index contributed by atoms with van der Waals surface area (Å²) in [6.07, 6.45) is -13.8. The first-order valence-electron chi connectivity index (χ1n) is 8.03. The fourth-order valence-corrected chi connectivity index (χ4v) is 3.46. The zero-order chi connectivity index (χ0) is 19.6. The fourth-order valence-electron chi connectivity index (χ4n) is 2.87. The lowest BCUT2D eigenvalue weighted by Crippen LogP contribution is -2.61. The fraction of sp³-hybridized carbons (Fsp3) is 1.00. The molecular weight excluding hydrogens is 379 g/mol. The van der Waals surface area contributed by atoms with Crippen LogP contribution >= 0.6 is 7.60 Å². The normalized spacial score (nSPS) is 44.8. The van der Waals surface area contributed by atoms with Gasteiger partial charge in [-0.15, -0.1) is 0 Å². The largest absolute Gasteiger partial charge is 0.394 e. The first kappa shape index (κ1) is 22.1. The molecule has 0 aromatic rings. The molecule has 0 aliphatic carbocycles. The van der Waals surface area contributed by atoms with Gasteiger partial charge in [-0.05, 0) is 6.42 Å². The standard InChI is InChI=1S/C13H25O12P/c14-3-6-9(16)10(17)7(4-23-6)25-13-12(19)11(18)8(15)5(24-13)1-2-26(20,21)22/h5-19H,1-4H2,(H2,20,21,22)/t5?,6?,7?,8-,9-,10-,11+,12?,13-/m1/s1. The molecule has 9 atom stereocenters. The molecule has 26 heavy (non-hydrogen) atoms. The van der Waals surface area contributed by atoms with Crippen LogP contribution in [0.15, 0.2) is 0 Å². The van der Waals surface area contributed by atoms with E-state index in [0.717, 1.165) is 0 Å². The second-order valence-corrected chi connectivity index (χ2v) is 8.18. The van der Waals surface area contributed by atoms with Crippen molar-refractivity contribution in [1.29, 1.82) is 0 Å². The Morgan fingerprint density at radius 2 is 1.54 bits per heavy atom. The van der Waals surface area contributed by atoms with Crippen LogP contribution in [0.25, 0.3) is 0 Å². The van der Waals surface area contributed by atoms with Crippen LogP contribution < -0.4 is 0 Å². The second-order valence-electron chi connectivity index (χ2n) is 6.40. The summed E-state index contributed by atoms with van der Waals surface area (Å²) in [4.78, 5) is 17.8. The molecule has 2 saturated heterocycles. The monoisotopic (exact) mass is 404 g/mol. The summed E-state index contributed by atoms with van der Waals surface area (Å²) in [5.74, 6) is 0. The van der Waals surface area contributed by atoms with Crippen LogP contribution in [-0.4, -0.2) is 115 Å². The molecule has 0 radical (unpaired) electrons. The molecule has 8 N–H and O–H groups in total. The number of hydrogen-bond acceptors (Lipinski definition) is 10. The van der Waals surface area contributed by atoms with Gasteiger partial charge in [-0.1, -0.05) is 0 Å². The quantitative estimate of drug-likeness (QED) is 0.199. The Morgan fingerprint density at radius 1 is 0.923 bits per heavy atom. The molecule has 0 spiro atoms. The average Bonchev–Trinajstić information content (AvgIpc) is 2.57. The van der Waals surface area contributed by atoms with E-state index < -0.39 is 75.5 Å². The summed E-state index contributed by atoms with van der Waals surface area (Å²) in [5, 5.41) is 58.7. The van der Waals surface area contributed by atoms with Crippen LogP contribution in [0.1, 0.15) is 6.42 Å². The van der Waals surface area contributed by atoms with Crippen molar-refractivity contribution in [1.82, 2.24) is 0 Å². The van der Waals surface area contributed by atoms with Gasteiger partial charge in [0.05, 0.1) is 25.5 Å². The third kappa shape index (κ3) is 5.19. The smallest absolute Gasteiger partial charge is 0.325 e. The van der Waals surface area contributed by atoms with Gasteiger partial charge in [0.2, 0.25) is 0 Å². The van der Waals surface area contributed by atoms with Gasteiger partial charge >= 0.3 is 7.60 Å². The van der Waals surface area contributed by atoms with Crippen molar-refractivity contribution in [3.05, 3.63) is 0 Å². The van der Waals surface area contributed by atoms with Gasteiger partial charge in [-0.2, -0.15) is 0 Å². The highest BCUT2D eigenvalue weighted by Crippen LogP contribution is 2.37. The van der Waals surface area contributed by atoms with Crippen molar-refractivity contribution in [2.75, 3.05) is 19.4 Å². The van der Waals surface area contributed by atoms with E-state index in [1.54, 1.807) is 0 Å². The summed E-state index contributed by atoms with van der Waals surface area (Å²) in [6, 6.07) is 0. The first-order valence-corrected chi connectivity index (χ1v) is 9.83. The zero-order valence-electron chi connectivity index (χ0n) is 13.7. The summed E-state index contributed by atoms with van der Waals surface area (Å²) in [5.41, 5.74) is 0. The molecule has 0 saturated carbocycles. The van der Waals surface area contributed by atoms with Crippen LogP contribution in [0, 0.1) is 0 Å². The number of aliphatic hydroxyl groups excluding tert-OH is 6. The predicted molar refractivity (Wildman–Crippen MR) is 81.9 cm³/mol. The SMILES string of the molecule is O=P(O)(O)CCC1O[C@H](OC2COC(CO)[C@@H](O)[C@@H]2O)C(O)[C@@H](O)[C@@H]1O. The lowest BCUT2D eigenvalue weighted by Gasteiger charge is -2.44. The van der Waals surface area contributed by atoms with Gasteiger partial charge in [0, 0.05) is 0 Å². The van der Waals surface area contributed by atoms with Gasteiger partial charge in [-0.3, -0.25) is 4.57 Å². The molecule has 0 bridgehead atoms. The van der Waals surface area contributed by atoms with Crippen molar-refractivity contribution < 1.29 is 59.2 Å². The minimum atomic E-state index is -4.37. The van der Waals surface area contributed by atoms with E-state index >= 15 is 0 Å². The van der Waals surface area contributed by atoms with Crippen molar-refractivity contribution in [3.8, 4) is 0 Å².